The number of hydrogen-bond acceptors (Lipinski definition) is 5. The van der Waals surface area contributed by atoms with E-state index in [1.165, 1.54) is 58.0 Å². The summed E-state index contributed by atoms with van der Waals surface area (Å²) in [6, 6.07) is 2.12. The molecule has 0 spiro atoms. The van der Waals surface area contributed by atoms with Gasteiger partial charge in [-0.15, -0.1) is 10.2 Å². The summed E-state index contributed by atoms with van der Waals surface area (Å²) < 4.78 is 1.78. The molecule has 2 fully saturated rings. The molecular weight excluding hydrogens is 288 g/mol. The van der Waals surface area contributed by atoms with Gasteiger partial charge in [-0.3, -0.25) is 0 Å². The summed E-state index contributed by atoms with van der Waals surface area (Å²) >= 11 is 0. The molecule has 1 aliphatic heterocycles. The zero-order chi connectivity index (χ0) is 15.7. The van der Waals surface area contributed by atoms with Gasteiger partial charge in [-0.05, 0) is 51.8 Å². The number of nitrogens with zero attached hydrogens (tertiary/aromatic N) is 5. The van der Waals surface area contributed by atoms with Gasteiger partial charge in [-0.25, -0.2) is 0 Å². The number of likely N-dealkylation sites (tertiary alicyclic amines) is 1. The third-order valence-corrected chi connectivity index (χ3v) is 5.33. The van der Waals surface area contributed by atoms with Crippen molar-refractivity contribution in [3.8, 4) is 0 Å². The first-order chi connectivity index (χ1) is 11.2. The van der Waals surface area contributed by atoms with Gasteiger partial charge in [-0.1, -0.05) is 19.3 Å². The Bertz CT molecular complexity index is 667. The lowest BCUT2D eigenvalue weighted by Gasteiger charge is -2.41. The van der Waals surface area contributed by atoms with E-state index in [-0.39, 0.29) is 5.54 Å². The summed E-state index contributed by atoms with van der Waals surface area (Å²) in [5.41, 5.74) is 3.08. The average Bonchev–Trinajstić information content (AvgIpc) is 3.19. The largest absolute Gasteiger partial charge is 0.375 e. The van der Waals surface area contributed by atoms with Crippen LogP contribution in [0.1, 0.15) is 50.6 Å². The number of fused-ring (bicyclic) bond motifs is 1. The van der Waals surface area contributed by atoms with Gasteiger partial charge in [0.2, 0.25) is 5.65 Å². The van der Waals surface area contributed by atoms with Gasteiger partial charge in [0.05, 0.1) is 16.9 Å². The Balaban J connectivity index is 1.64. The van der Waals surface area contributed by atoms with Crippen molar-refractivity contribution in [2.45, 2.75) is 57.4 Å². The highest BCUT2D eigenvalue weighted by Gasteiger charge is 2.35. The lowest BCUT2D eigenvalue weighted by molar-refractivity contribution is 0.215. The van der Waals surface area contributed by atoms with Crippen LogP contribution in [0, 0.1) is 6.92 Å². The average molecular weight is 314 g/mol. The predicted octanol–water partition coefficient (Wildman–Crippen LogP) is 2.64. The second-order valence-corrected chi connectivity index (χ2v) is 7.25. The highest BCUT2D eigenvalue weighted by molar-refractivity contribution is 5.67. The molecule has 1 aliphatic carbocycles. The minimum Gasteiger partial charge on any atom is -0.375 e. The maximum atomic E-state index is 4.46. The van der Waals surface area contributed by atoms with Crippen molar-refractivity contribution in [3.63, 3.8) is 0 Å². The molecule has 2 aromatic rings. The highest BCUT2D eigenvalue weighted by atomic mass is 15.4. The van der Waals surface area contributed by atoms with Crippen LogP contribution in [-0.4, -0.2) is 49.9 Å². The molecule has 3 heterocycles. The molecule has 1 saturated carbocycles. The van der Waals surface area contributed by atoms with E-state index in [1.54, 1.807) is 10.8 Å². The molecule has 1 saturated heterocycles. The van der Waals surface area contributed by atoms with Crippen molar-refractivity contribution < 1.29 is 0 Å². The number of hydrogen-bond donors (Lipinski definition) is 1. The number of rotatable bonds is 4. The van der Waals surface area contributed by atoms with Gasteiger partial charge in [0.15, 0.2) is 0 Å². The van der Waals surface area contributed by atoms with Gasteiger partial charge >= 0.3 is 0 Å². The van der Waals surface area contributed by atoms with Gasteiger partial charge in [-0.2, -0.15) is 9.61 Å². The molecule has 0 bridgehead atoms. The van der Waals surface area contributed by atoms with Crippen LogP contribution in [0.3, 0.4) is 0 Å². The van der Waals surface area contributed by atoms with Crippen molar-refractivity contribution >= 4 is 11.3 Å². The van der Waals surface area contributed by atoms with Crippen molar-refractivity contribution in [1.82, 2.24) is 24.7 Å². The first kappa shape index (κ1) is 14.9. The van der Waals surface area contributed by atoms with Crippen molar-refractivity contribution in [3.05, 3.63) is 18.1 Å². The van der Waals surface area contributed by atoms with Gasteiger partial charge in [0, 0.05) is 6.54 Å². The summed E-state index contributed by atoms with van der Waals surface area (Å²) in [7, 11) is 0. The molecule has 0 atom stereocenters. The Morgan fingerprint density at radius 2 is 1.91 bits per heavy atom. The number of nitrogens with one attached hydrogen (secondary N) is 1. The third-order valence-electron chi connectivity index (χ3n) is 5.33. The quantitative estimate of drug-likeness (QED) is 0.940. The number of anilines is 1. The van der Waals surface area contributed by atoms with Crippen LogP contribution in [0.15, 0.2) is 12.4 Å². The standard InChI is InChI=1S/C17H26N6/c1-14-11-15(16-20-18-13-23(16)21-14)19-17(7-3-2-4-8-17)12-22-9-5-6-10-22/h11,13,19H,2-10,12H2,1H3. The monoisotopic (exact) mass is 314 g/mol. The molecule has 1 N–H and O–H groups in total. The summed E-state index contributed by atoms with van der Waals surface area (Å²) in [5, 5.41) is 16.6. The smallest absolute Gasteiger partial charge is 0.200 e. The van der Waals surface area contributed by atoms with Crippen molar-refractivity contribution in [2.24, 2.45) is 0 Å². The summed E-state index contributed by atoms with van der Waals surface area (Å²) in [5.74, 6) is 0. The van der Waals surface area contributed by atoms with Crippen molar-refractivity contribution in [2.75, 3.05) is 25.0 Å². The normalized spacial score (nSPS) is 21.8. The van der Waals surface area contributed by atoms with E-state index in [0.717, 1.165) is 23.6 Å². The Labute approximate surface area is 137 Å². The molecule has 0 aromatic carbocycles. The van der Waals surface area contributed by atoms with Crippen LogP contribution in [0.25, 0.3) is 5.65 Å². The molecule has 2 aliphatic rings. The Hall–Kier alpha value is -1.69. The minimum absolute atomic E-state index is 0.169. The Morgan fingerprint density at radius 1 is 1.13 bits per heavy atom. The summed E-state index contributed by atoms with van der Waals surface area (Å²) in [4.78, 5) is 2.63. The second kappa shape index (κ2) is 6.07. The molecule has 23 heavy (non-hydrogen) atoms. The SMILES string of the molecule is Cc1cc(NC2(CN3CCCC3)CCCCC2)c2nncn2n1. The van der Waals surface area contributed by atoms with Crippen LogP contribution < -0.4 is 5.32 Å². The van der Waals surface area contributed by atoms with E-state index in [2.05, 4.69) is 31.6 Å². The van der Waals surface area contributed by atoms with E-state index in [4.69, 9.17) is 0 Å². The fourth-order valence-electron chi connectivity index (χ4n) is 4.25. The number of aryl methyl sites for hydroxylation is 1. The fraction of sp³-hybridized carbons (Fsp3) is 0.706. The molecule has 124 valence electrons. The maximum Gasteiger partial charge on any atom is 0.200 e. The molecule has 6 nitrogen and oxygen atoms in total. The van der Waals surface area contributed by atoms with E-state index < -0.39 is 0 Å². The molecule has 6 heteroatoms. The highest BCUT2D eigenvalue weighted by Crippen LogP contribution is 2.34. The van der Waals surface area contributed by atoms with Crippen LogP contribution >= 0.6 is 0 Å². The van der Waals surface area contributed by atoms with Gasteiger partial charge in [0.1, 0.15) is 6.33 Å². The second-order valence-electron chi connectivity index (χ2n) is 7.25. The molecule has 0 unspecified atom stereocenters. The Morgan fingerprint density at radius 3 is 2.70 bits per heavy atom. The first-order valence-electron chi connectivity index (χ1n) is 8.92. The minimum atomic E-state index is 0.169. The maximum absolute atomic E-state index is 4.46. The predicted molar refractivity (Wildman–Crippen MR) is 90.6 cm³/mol. The first-order valence-corrected chi connectivity index (χ1v) is 8.92. The third kappa shape index (κ3) is 3.04. The van der Waals surface area contributed by atoms with Gasteiger partial charge < -0.3 is 10.2 Å². The van der Waals surface area contributed by atoms with Gasteiger partial charge in [0.25, 0.3) is 0 Å². The van der Waals surface area contributed by atoms with Crippen molar-refractivity contribution in [1.29, 1.82) is 0 Å². The topological polar surface area (TPSA) is 58.3 Å². The van der Waals surface area contributed by atoms with Crippen LogP contribution in [0.4, 0.5) is 5.69 Å². The van der Waals surface area contributed by atoms with E-state index in [9.17, 15) is 0 Å². The lowest BCUT2D eigenvalue weighted by atomic mass is 9.81. The Kier molecular flexibility index (Phi) is 3.93. The van der Waals surface area contributed by atoms with Crippen LogP contribution in [0.2, 0.25) is 0 Å². The molecule has 0 radical (unpaired) electrons. The van der Waals surface area contributed by atoms with Crippen LogP contribution in [0.5, 0.6) is 0 Å². The molecule has 2 aromatic heterocycles. The van der Waals surface area contributed by atoms with E-state index in [0.29, 0.717) is 0 Å². The zero-order valence-electron chi connectivity index (χ0n) is 14.0. The zero-order valence-corrected chi connectivity index (χ0v) is 14.0. The van der Waals surface area contributed by atoms with E-state index >= 15 is 0 Å². The molecular formula is C17H26N6. The fourth-order valence-corrected chi connectivity index (χ4v) is 4.25. The summed E-state index contributed by atoms with van der Waals surface area (Å²) in [6.07, 6.45) is 10.8. The lowest BCUT2D eigenvalue weighted by Crippen LogP contribution is -2.49. The van der Waals surface area contributed by atoms with Crippen LogP contribution in [-0.2, 0) is 0 Å². The molecule has 4 rings (SSSR count). The number of aromatic nitrogens is 4. The molecule has 0 amide bonds. The summed E-state index contributed by atoms with van der Waals surface area (Å²) in [6.45, 7) is 5.67. The van der Waals surface area contributed by atoms with E-state index in [1.807, 2.05) is 6.92 Å².